The molecule has 12 aromatic carbocycles. The maximum atomic E-state index is 13.1. The van der Waals surface area contributed by atoms with Gasteiger partial charge in [-0.05, 0) is 78.4 Å². The van der Waals surface area contributed by atoms with Gasteiger partial charge in [-0.25, -0.2) is 0 Å². The van der Waals surface area contributed by atoms with E-state index < -0.39 is 0 Å². The molecule has 80 heavy (non-hydrogen) atoms. The molecule has 6 aromatic heterocycles. The number of rotatable bonds is 5. The van der Waals surface area contributed by atoms with Gasteiger partial charge >= 0.3 is 0 Å². The summed E-state index contributed by atoms with van der Waals surface area (Å²) in [4.78, 5) is 0. The molecule has 7 heteroatoms. The van der Waals surface area contributed by atoms with Crippen molar-refractivity contribution in [3.8, 4) is 39.9 Å². The summed E-state index contributed by atoms with van der Waals surface area (Å²) in [5.74, 6) is 0. The highest BCUT2D eigenvalue weighted by molar-refractivity contribution is 6.27. The molecule has 0 radical (unpaired) electrons. The van der Waals surface area contributed by atoms with Crippen LogP contribution in [0.4, 0.5) is 0 Å². The van der Waals surface area contributed by atoms with Crippen LogP contribution in [0.25, 0.3) is 165 Å². The van der Waals surface area contributed by atoms with Crippen molar-refractivity contribution in [2.24, 2.45) is 0 Å². The maximum absolute atomic E-state index is 13.1. The maximum Gasteiger partial charge on any atom is 0.137 e. The second kappa shape index (κ2) is 16.0. The van der Waals surface area contributed by atoms with E-state index in [0.29, 0.717) is 5.56 Å². The zero-order chi connectivity index (χ0) is 52.3. The van der Waals surface area contributed by atoms with Crippen LogP contribution in [0.1, 0.15) is 5.56 Å². The predicted molar refractivity (Wildman–Crippen MR) is 329 cm³/mol. The Morgan fingerprint density at radius 1 is 0.263 bits per heavy atom. The lowest BCUT2D eigenvalue weighted by Crippen LogP contribution is -2.16. The lowest BCUT2D eigenvalue weighted by atomic mass is 9.93. The Morgan fingerprint density at radius 2 is 0.575 bits per heavy atom. The van der Waals surface area contributed by atoms with Crippen molar-refractivity contribution in [2.75, 3.05) is 0 Å². The third-order valence-electron chi connectivity index (χ3n) is 17.0. The monoisotopic (exact) mass is 1020 g/mol. The van der Waals surface area contributed by atoms with Gasteiger partial charge in [0.15, 0.2) is 0 Å². The highest BCUT2D eigenvalue weighted by Crippen LogP contribution is 2.54. The molecule has 0 amide bonds. The van der Waals surface area contributed by atoms with Gasteiger partial charge in [0, 0.05) is 59.4 Å². The molecular weight excluding hydrogens is 979 g/mol. The van der Waals surface area contributed by atoms with Crippen molar-refractivity contribution in [3.63, 3.8) is 0 Å². The number of aromatic nitrogens is 4. The minimum Gasteiger partial charge on any atom is -0.456 e. The quantitative estimate of drug-likeness (QED) is 0.172. The molecule has 7 nitrogen and oxygen atoms in total. The van der Waals surface area contributed by atoms with Gasteiger partial charge < -0.3 is 27.1 Å². The van der Waals surface area contributed by atoms with E-state index in [2.05, 4.69) is 261 Å². The first-order valence-electron chi connectivity index (χ1n) is 27.1. The van der Waals surface area contributed by atoms with Crippen LogP contribution < -0.4 is 0 Å². The Balaban J connectivity index is 1.22. The third kappa shape index (κ3) is 5.55. The van der Waals surface area contributed by atoms with Crippen molar-refractivity contribution in [3.05, 3.63) is 254 Å². The van der Waals surface area contributed by atoms with E-state index >= 15 is 0 Å². The van der Waals surface area contributed by atoms with E-state index in [1.807, 2.05) is 12.1 Å². The number of nitrogens with zero attached hydrogens (tertiary/aromatic N) is 5. The lowest BCUT2D eigenvalue weighted by molar-refractivity contribution is 0.669. The van der Waals surface area contributed by atoms with Gasteiger partial charge in [-0.3, -0.25) is 0 Å². The number of nitriles is 1. The van der Waals surface area contributed by atoms with Crippen LogP contribution in [-0.2, 0) is 0 Å². The topological polar surface area (TPSA) is 69.8 Å². The summed E-state index contributed by atoms with van der Waals surface area (Å²) >= 11 is 0. The molecule has 0 saturated heterocycles. The molecule has 0 bridgehead atoms. The summed E-state index contributed by atoms with van der Waals surface area (Å²) in [5.41, 5.74) is 16.6. The smallest absolute Gasteiger partial charge is 0.137 e. The molecule has 6 heterocycles. The van der Waals surface area contributed by atoms with Crippen molar-refractivity contribution >= 4 is 131 Å². The second-order valence-corrected chi connectivity index (χ2v) is 20.9. The van der Waals surface area contributed by atoms with Crippen LogP contribution in [0, 0.1) is 11.3 Å². The first-order chi connectivity index (χ1) is 39.7. The highest BCUT2D eigenvalue weighted by atomic mass is 16.3. The summed E-state index contributed by atoms with van der Waals surface area (Å²) < 4.78 is 23.4. The van der Waals surface area contributed by atoms with Gasteiger partial charge in [-0.2, -0.15) is 5.26 Å². The molecule has 18 aromatic rings. The van der Waals surface area contributed by atoms with Gasteiger partial charge in [0.05, 0.1) is 77.7 Å². The molecule has 0 aliphatic heterocycles. The second-order valence-electron chi connectivity index (χ2n) is 20.9. The molecule has 0 spiro atoms. The van der Waals surface area contributed by atoms with E-state index in [9.17, 15) is 5.26 Å². The van der Waals surface area contributed by atoms with E-state index in [4.69, 9.17) is 8.83 Å². The molecule has 0 N–H and O–H groups in total. The molecule has 0 atom stereocenters. The van der Waals surface area contributed by atoms with Gasteiger partial charge in [0.1, 0.15) is 34.0 Å². The van der Waals surface area contributed by atoms with Gasteiger partial charge in [0.2, 0.25) is 0 Å². The van der Waals surface area contributed by atoms with Crippen LogP contribution >= 0.6 is 0 Å². The lowest BCUT2D eigenvalue weighted by Gasteiger charge is -2.29. The SMILES string of the molecule is N#Cc1c(-n2c3ccccc3c3ccccc32)c(-n2c3ccccc3c3ccc4oc5ccccc5c4c32)c(-c2ccccc2)c(-n2c3ccccc3c3ccc4oc5ccccc5c4c32)c1-n1c2ccccc2c2ccccc21. The Morgan fingerprint density at radius 3 is 0.950 bits per heavy atom. The zero-order valence-corrected chi connectivity index (χ0v) is 42.7. The number of fused-ring (bicyclic) bond motifs is 20. The van der Waals surface area contributed by atoms with Crippen molar-refractivity contribution in [1.82, 2.24) is 18.3 Å². The standard InChI is InChI=1S/C73H41N5O2/c74-42-54-70(75-55-30-12-4-22-44(55)45-23-5-13-31-56(45)75)72(77-59-34-16-8-26-48(59)50-38-40-63-66(68(50)77)52-28-10-18-36-61(52)79-63)65(43-20-2-1-3-21-43)73(71(54)76-57-32-14-6-24-46(57)47-25-7-15-33-58(47)76)78-60-35-17-9-27-49(60)51-39-41-64-67(69(51)78)53-29-11-19-37-62(53)80-64/h1-41H. The number of benzene rings is 12. The summed E-state index contributed by atoms with van der Waals surface area (Å²) in [6.45, 7) is 0. The van der Waals surface area contributed by atoms with E-state index in [1.165, 1.54) is 0 Å². The molecule has 0 aliphatic carbocycles. The molecule has 0 unspecified atom stereocenters. The Labute approximate surface area is 455 Å². The largest absolute Gasteiger partial charge is 0.456 e. The van der Waals surface area contributed by atoms with Crippen LogP contribution in [0.3, 0.4) is 0 Å². The first kappa shape index (κ1) is 43.1. The van der Waals surface area contributed by atoms with Crippen LogP contribution in [0.2, 0.25) is 0 Å². The van der Waals surface area contributed by atoms with Crippen molar-refractivity contribution in [1.29, 1.82) is 5.26 Å². The van der Waals surface area contributed by atoms with Crippen LogP contribution in [-0.4, -0.2) is 18.3 Å². The summed E-state index contributed by atoms with van der Waals surface area (Å²) in [6, 6.07) is 91.4. The average Bonchev–Trinajstić information content (AvgIpc) is 3.67. The zero-order valence-electron chi connectivity index (χ0n) is 42.7. The fraction of sp³-hybridized carbons (Fsp3) is 0. The molecule has 370 valence electrons. The van der Waals surface area contributed by atoms with Crippen LogP contribution in [0.15, 0.2) is 258 Å². The number of hydrogen-bond donors (Lipinski definition) is 0. The Bertz CT molecular complexity index is 5320. The molecule has 0 aliphatic rings. The average molecular weight is 1020 g/mol. The molecular formula is C73H41N5O2. The Kier molecular flexibility index (Phi) is 8.61. The minimum atomic E-state index is 0.498. The molecule has 0 saturated carbocycles. The van der Waals surface area contributed by atoms with E-state index in [0.717, 1.165) is 165 Å². The van der Waals surface area contributed by atoms with Crippen LogP contribution in [0.5, 0.6) is 0 Å². The minimum absolute atomic E-state index is 0.498. The van der Waals surface area contributed by atoms with Crippen molar-refractivity contribution in [2.45, 2.75) is 0 Å². The molecule has 0 fully saturated rings. The number of hydrogen-bond acceptors (Lipinski definition) is 3. The van der Waals surface area contributed by atoms with E-state index in [-0.39, 0.29) is 0 Å². The predicted octanol–water partition coefficient (Wildman–Crippen LogP) is 19.4. The first-order valence-corrected chi connectivity index (χ1v) is 27.1. The van der Waals surface area contributed by atoms with Gasteiger partial charge in [0.25, 0.3) is 0 Å². The van der Waals surface area contributed by atoms with Gasteiger partial charge in [-0.15, -0.1) is 0 Å². The van der Waals surface area contributed by atoms with Gasteiger partial charge in [-0.1, -0.05) is 176 Å². The third-order valence-corrected chi connectivity index (χ3v) is 17.0. The van der Waals surface area contributed by atoms with E-state index in [1.54, 1.807) is 0 Å². The number of para-hydroxylation sites is 8. The van der Waals surface area contributed by atoms with Crippen molar-refractivity contribution < 1.29 is 8.83 Å². The number of furan rings is 2. The normalized spacial score (nSPS) is 12.2. The fourth-order valence-electron chi connectivity index (χ4n) is 13.9. The Hall–Kier alpha value is -11.1. The fourth-order valence-corrected chi connectivity index (χ4v) is 13.9. The summed E-state index contributed by atoms with van der Waals surface area (Å²) in [5, 5.41) is 25.7. The summed E-state index contributed by atoms with van der Waals surface area (Å²) in [6.07, 6.45) is 0. The summed E-state index contributed by atoms with van der Waals surface area (Å²) in [7, 11) is 0. The highest BCUT2D eigenvalue weighted by Gasteiger charge is 2.36. The molecule has 18 rings (SSSR count).